The van der Waals surface area contributed by atoms with Crippen molar-refractivity contribution in [3.05, 3.63) is 96.2 Å². The molecule has 0 spiro atoms. The monoisotopic (exact) mass is 322 g/mol. The standard InChI is InChI=1S/C20H20NOS/c1-21-15-9-8-14-19(21)23-20(18-12-6-3-7-13-18)22-16-17-10-4-2-5-11-17/h2-15,20H,16H2,1H3/q+1. The molecule has 3 aromatic rings. The number of ether oxygens (including phenoxy) is 1. The van der Waals surface area contributed by atoms with E-state index in [0.717, 1.165) is 0 Å². The molecule has 2 nitrogen and oxygen atoms in total. The van der Waals surface area contributed by atoms with Crippen LogP contribution >= 0.6 is 11.8 Å². The number of benzene rings is 2. The van der Waals surface area contributed by atoms with Crippen LogP contribution in [0.5, 0.6) is 0 Å². The Kier molecular flexibility index (Phi) is 5.46. The van der Waals surface area contributed by atoms with Crippen molar-refractivity contribution in [2.45, 2.75) is 17.1 Å². The van der Waals surface area contributed by atoms with Crippen LogP contribution in [0.15, 0.2) is 90.1 Å². The Morgan fingerprint density at radius 2 is 1.52 bits per heavy atom. The summed E-state index contributed by atoms with van der Waals surface area (Å²) >= 11 is 1.73. The van der Waals surface area contributed by atoms with E-state index in [-0.39, 0.29) is 5.44 Å². The number of nitrogens with zero attached hydrogens (tertiary/aromatic N) is 1. The third-order valence-electron chi connectivity index (χ3n) is 3.55. The summed E-state index contributed by atoms with van der Waals surface area (Å²) in [5.74, 6) is 0. The number of aryl methyl sites for hydroxylation is 1. The van der Waals surface area contributed by atoms with E-state index in [0.29, 0.717) is 6.61 Å². The van der Waals surface area contributed by atoms with Crippen LogP contribution in [-0.2, 0) is 18.4 Å². The minimum absolute atomic E-state index is 0.0370. The lowest BCUT2D eigenvalue weighted by Gasteiger charge is -2.16. The van der Waals surface area contributed by atoms with Crippen molar-refractivity contribution < 1.29 is 9.30 Å². The molecule has 1 atom stereocenters. The zero-order chi connectivity index (χ0) is 15.9. The molecule has 0 fully saturated rings. The Bertz CT molecular complexity index is 731. The fraction of sp³-hybridized carbons (Fsp3) is 0.150. The van der Waals surface area contributed by atoms with E-state index in [9.17, 15) is 0 Å². The van der Waals surface area contributed by atoms with Gasteiger partial charge in [-0.2, -0.15) is 4.57 Å². The number of pyridine rings is 1. The molecule has 2 aromatic carbocycles. The van der Waals surface area contributed by atoms with Gasteiger partial charge >= 0.3 is 0 Å². The summed E-state index contributed by atoms with van der Waals surface area (Å²) in [6, 6.07) is 26.9. The maximum absolute atomic E-state index is 6.22. The topological polar surface area (TPSA) is 13.1 Å². The van der Waals surface area contributed by atoms with Gasteiger partial charge in [0, 0.05) is 12.1 Å². The third-order valence-corrected chi connectivity index (χ3v) is 4.84. The van der Waals surface area contributed by atoms with Gasteiger partial charge in [0.25, 0.3) is 0 Å². The molecule has 3 heteroatoms. The van der Waals surface area contributed by atoms with Gasteiger partial charge in [-0.15, -0.1) is 0 Å². The molecule has 0 aliphatic heterocycles. The van der Waals surface area contributed by atoms with E-state index >= 15 is 0 Å². The van der Waals surface area contributed by atoms with Gasteiger partial charge in [-0.3, -0.25) is 0 Å². The summed E-state index contributed by atoms with van der Waals surface area (Å²) in [4.78, 5) is 0. The Hall–Kier alpha value is -2.10. The number of thioether (sulfide) groups is 1. The van der Waals surface area contributed by atoms with Crippen molar-refractivity contribution >= 4 is 11.8 Å². The number of rotatable bonds is 6. The largest absolute Gasteiger partial charge is 0.358 e. The molecule has 3 rings (SSSR count). The van der Waals surface area contributed by atoms with Crippen molar-refractivity contribution in [1.82, 2.24) is 0 Å². The minimum atomic E-state index is -0.0370. The maximum atomic E-state index is 6.22. The number of aromatic nitrogens is 1. The van der Waals surface area contributed by atoms with Crippen LogP contribution in [0.1, 0.15) is 16.6 Å². The highest BCUT2D eigenvalue weighted by Gasteiger charge is 2.18. The van der Waals surface area contributed by atoms with Crippen LogP contribution in [0.2, 0.25) is 0 Å². The van der Waals surface area contributed by atoms with Gasteiger partial charge in [-0.25, -0.2) is 0 Å². The highest BCUT2D eigenvalue weighted by Crippen LogP contribution is 2.35. The Balaban J connectivity index is 1.78. The third kappa shape index (κ3) is 4.44. The van der Waals surface area contributed by atoms with Crippen molar-refractivity contribution in [1.29, 1.82) is 0 Å². The lowest BCUT2D eigenvalue weighted by atomic mass is 10.2. The van der Waals surface area contributed by atoms with Gasteiger partial charge in [0.05, 0.1) is 6.61 Å². The van der Waals surface area contributed by atoms with E-state index < -0.39 is 0 Å². The lowest BCUT2D eigenvalue weighted by molar-refractivity contribution is -0.708. The molecule has 0 saturated carbocycles. The van der Waals surface area contributed by atoms with Crippen LogP contribution in [-0.4, -0.2) is 0 Å². The molecular formula is C20H20NOS+. The van der Waals surface area contributed by atoms with Crippen LogP contribution in [0, 0.1) is 0 Å². The molecule has 0 aliphatic rings. The van der Waals surface area contributed by atoms with Crippen LogP contribution in [0.25, 0.3) is 0 Å². The fourth-order valence-corrected chi connectivity index (χ4v) is 3.33. The van der Waals surface area contributed by atoms with E-state index in [1.54, 1.807) is 11.8 Å². The zero-order valence-electron chi connectivity index (χ0n) is 13.1. The molecule has 23 heavy (non-hydrogen) atoms. The number of hydrogen-bond donors (Lipinski definition) is 0. The van der Waals surface area contributed by atoms with Crippen molar-refractivity contribution in [3.8, 4) is 0 Å². The molecule has 1 aromatic heterocycles. The highest BCUT2D eigenvalue weighted by atomic mass is 32.2. The van der Waals surface area contributed by atoms with E-state index in [1.807, 2.05) is 30.3 Å². The Morgan fingerprint density at radius 1 is 0.870 bits per heavy atom. The van der Waals surface area contributed by atoms with Crippen molar-refractivity contribution in [2.24, 2.45) is 7.05 Å². The summed E-state index contributed by atoms with van der Waals surface area (Å²) in [7, 11) is 2.06. The molecular weight excluding hydrogens is 302 g/mol. The first-order valence-electron chi connectivity index (χ1n) is 7.65. The second kappa shape index (κ2) is 7.95. The van der Waals surface area contributed by atoms with Gasteiger partial charge in [-0.05, 0) is 29.0 Å². The Morgan fingerprint density at radius 3 is 2.22 bits per heavy atom. The molecule has 0 amide bonds. The molecule has 0 radical (unpaired) electrons. The second-order valence-corrected chi connectivity index (χ2v) is 6.39. The normalized spacial score (nSPS) is 12.0. The quantitative estimate of drug-likeness (QED) is 0.376. The summed E-state index contributed by atoms with van der Waals surface area (Å²) < 4.78 is 8.34. The van der Waals surface area contributed by atoms with Gasteiger partial charge in [-0.1, -0.05) is 60.7 Å². The molecule has 1 heterocycles. The van der Waals surface area contributed by atoms with Crippen LogP contribution < -0.4 is 4.57 Å². The summed E-state index contributed by atoms with van der Waals surface area (Å²) in [5, 5.41) is 1.18. The first-order chi connectivity index (χ1) is 11.3. The van der Waals surface area contributed by atoms with Gasteiger partial charge in [0.15, 0.2) is 6.20 Å². The molecule has 0 saturated heterocycles. The number of hydrogen-bond acceptors (Lipinski definition) is 2. The fourth-order valence-electron chi connectivity index (χ4n) is 2.29. The highest BCUT2D eigenvalue weighted by molar-refractivity contribution is 7.99. The van der Waals surface area contributed by atoms with Gasteiger partial charge in [0.1, 0.15) is 12.5 Å². The average Bonchev–Trinajstić information content (AvgIpc) is 2.62. The van der Waals surface area contributed by atoms with Crippen LogP contribution in [0.3, 0.4) is 0 Å². The minimum Gasteiger partial charge on any atom is -0.358 e. The summed E-state index contributed by atoms with van der Waals surface area (Å²) in [6.45, 7) is 0.601. The smallest absolute Gasteiger partial charge is 0.242 e. The predicted octanol–water partition coefficient (Wildman–Crippen LogP) is 4.52. The molecule has 0 N–H and O–H groups in total. The predicted molar refractivity (Wildman–Crippen MR) is 93.9 cm³/mol. The van der Waals surface area contributed by atoms with E-state index in [4.69, 9.17) is 4.74 Å². The first kappa shape index (κ1) is 15.8. The summed E-state index contributed by atoms with van der Waals surface area (Å²) in [6.07, 6.45) is 2.06. The van der Waals surface area contributed by atoms with Gasteiger partial charge < -0.3 is 4.74 Å². The molecule has 0 aliphatic carbocycles. The van der Waals surface area contributed by atoms with E-state index in [2.05, 4.69) is 66.3 Å². The zero-order valence-corrected chi connectivity index (χ0v) is 13.9. The molecule has 1 unspecified atom stereocenters. The lowest BCUT2D eigenvalue weighted by Crippen LogP contribution is -2.30. The summed E-state index contributed by atoms with van der Waals surface area (Å²) in [5.41, 5.74) is 2.33. The Labute approximate surface area is 141 Å². The van der Waals surface area contributed by atoms with Gasteiger partial charge in [0.2, 0.25) is 5.03 Å². The first-order valence-corrected chi connectivity index (χ1v) is 8.53. The second-order valence-electron chi connectivity index (χ2n) is 5.31. The maximum Gasteiger partial charge on any atom is 0.242 e. The SMILES string of the molecule is C[n+]1ccccc1SC(OCc1ccccc1)c1ccccc1. The van der Waals surface area contributed by atoms with Crippen molar-refractivity contribution in [2.75, 3.05) is 0 Å². The van der Waals surface area contributed by atoms with Crippen molar-refractivity contribution in [3.63, 3.8) is 0 Å². The molecule has 0 bridgehead atoms. The average molecular weight is 322 g/mol. The van der Waals surface area contributed by atoms with Crippen LogP contribution in [0.4, 0.5) is 0 Å². The molecule has 116 valence electrons. The van der Waals surface area contributed by atoms with E-state index in [1.165, 1.54) is 16.2 Å².